The molecule has 3 rings (SSSR count). The predicted octanol–water partition coefficient (Wildman–Crippen LogP) is 3.79. The maximum absolute atomic E-state index is 13.1. The van der Waals surface area contributed by atoms with Crippen LogP contribution in [0.15, 0.2) is 45.4 Å². The van der Waals surface area contributed by atoms with E-state index in [1.807, 2.05) is 0 Å². The molecule has 0 aliphatic carbocycles. The van der Waals surface area contributed by atoms with Crippen molar-refractivity contribution in [3.05, 3.63) is 46.8 Å². The summed E-state index contributed by atoms with van der Waals surface area (Å²) in [6, 6.07) is 7.90. The third-order valence-electron chi connectivity index (χ3n) is 2.29. The lowest BCUT2D eigenvalue weighted by Gasteiger charge is -1.93. The second-order valence-electron chi connectivity index (χ2n) is 3.51. The molecule has 0 bridgehead atoms. The Morgan fingerprint density at radius 1 is 1.24 bits per heavy atom. The molecule has 0 saturated carbocycles. The van der Waals surface area contributed by atoms with Crippen molar-refractivity contribution in [2.75, 3.05) is 0 Å². The molecule has 0 atom stereocenters. The number of rotatable bonds is 1. The Hall–Kier alpha value is -1.75. The van der Waals surface area contributed by atoms with E-state index in [2.05, 4.69) is 25.9 Å². The molecule has 0 radical (unpaired) electrons. The van der Waals surface area contributed by atoms with Gasteiger partial charge >= 0.3 is 0 Å². The van der Waals surface area contributed by atoms with Crippen LogP contribution in [-0.4, -0.2) is 9.97 Å². The fourth-order valence-electron chi connectivity index (χ4n) is 1.54. The lowest BCUT2D eigenvalue weighted by Crippen LogP contribution is -1.78. The molecule has 3 aromatic rings. The van der Waals surface area contributed by atoms with Gasteiger partial charge in [-0.25, -0.2) is 14.4 Å². The Bertz CT molecular complexity index is 696. The van der Waals surface area contributed by atoms with Crippen molar-refractivity contribution in [3.8, 4) is 11.5 Å². The average Bonchev–Trinajstić information content (AvgIpc) is 2.72. The second-order valence-corrected chi connectivity index (χ2v) is 4.42. The monoisotopic (exact) mass is 292 g/mol. The number of nitrogens with zero attached hydrogens (tertiary/aromatic N) is 2. The molecule has 0 unspecified atom stereocenters. The third kappa shape index (κ3) is 1.93. The van der Waals surface area contributed by atoms with Gasteiger partial charge in [0, 0.05) is 16.2 Å². The topological polar surface area (TPSA) is 38.9 Å². The minimum Gasteiger partial charge on any atom is -0.418 e. The molecule has 2 heterocycles. The second kappa shape index (κ2) is 3.92. The number of hydrogen-bond acceptors (Lipinski definition) is 3. The molecular formula is C12H6BrFN2O. The molecule has 0 saturated heterocycles. The summed E-state index contributed by atoms with van der Waals surface area (Å²) in [6.45, 7) is 0. The maximum atomic E-state index is 13.1. The van der Waals surface area contributed by atoms with E-state index >= 15 is 0 Å². The molecule has 0 N–H and O–H groups in total. The number of pyridine rings is 1. The van der Waals surface area contributed by atoms with Crippen LogP contribution in [-0.2, 0) is 0 Å². The van der Waals surface area contributed by atoms with Gasteiger partial charge < -0.3 is 4.42 Å². The van der Waals surface area contributed by atoms with Crippen LogP contribution in [0, 0.1) is 5.82 Å². The van der Waals surface area contributed by atoms with Crippen LogP contribution < -0.4 is 0 Å². The van der Waals surface area contributed by atoms with Crippen LogP contribution in [0.1, 0.15) is 0 Å². The van der Waals surface area contributed by atoms with E-state index in [0.717, 1.165) is 4.47 Å². The quantitative estimate of drug-likeness (QED) is 0.685. The van der Waals surface area contributed by atoms with Crippen LogP contribution >= 0.6 is 15.9 Å². The molecule has 3 nitrogen and oxygen atoms in total. The van der Waals surface area contributed by atoms with Crippen LogP contribution in [0.2, 0.25) is 0 Å². The lowest BCUT2D eigenvalue weighted by atomic mass is 10.2. The molecule has 0 aliphatic rings. The molecule has 0 spiro atoms. The van der Waals surface area contributed by atoms with Gasteiger partial charge in [0.25, 0.3) is 0 Å². The van der Waals surface area contributed by atoms with E-state index in [4.69, 9.17) is 4.42 Å². The predicted molar refractivity (Wildman–Crippen MR) is 64.9 cm³/mol. The van der Waals surface area contributed by atoms with Gasteiger partial charge in [0.05, 0.1) is 0 Å². The summed E-state index contributed by atoms with van der Waals surface area (Å²) in [5.41, 5.74) is 1.67. The zero-order valence-electron chi connectivity index (χ0n) is 8.52. The normalized spacial score (nSPS) is 10.9. The Kier molecular flexibility index (Phi) is 2.40. The summed E-state index contributed by atoms with van der Waals surface area (Å²) >= 11 is 3.31. The zero-order chi connectivity index (χ0) is 11.8. The number of fused-ring (bicyclic) bond motifs is 1. The Balaban J connectivity index is 2.18. The minimum absolute atomic E-state index is 0.320. The first-order chi connectivity index (χ1) is 8.22. The first-order valence-electron chi connectivity index (χ1n) is 4.90. The van der Waals surface area contributed by atoms with Crippen molar-refractivity contribution in [2.24, 2.45) is 0 Å². The van der Waals surface area contributed by atoms with Gasteiger partial charge in [-0.05, 0) is 40.2 Å². The van der Waals surface area contributed by atoms with Crippen LogP contribution in [0.3, 0.4) is 0 Å². The molecule has 0 fully saturated rings. The lowest BCUT2D eigenvalue weighted by molar-refractivity contribution is 0.602. The summed E-state index contributed by atoms with van der Waals surface area (Å²) in [7, 11) is 0. The minimum atomic E-state index is -0.320. The smallest absolute Gasteiger partial charge is 0.247 e. The van der Waals surface area contributed by atoms with Gasteiger partial charge in [0.15, 0.2) is 0 Å². The standard InChI is InChI=1S/C12H6BrFN2O/c13-8-5-10-12(15-6-8)17-11(16-10)7-2-1-3-9(14)4-7/h1-6H. The number of halogens is 2. The number of hydrogen-bond donors (Lipinski definition) is 0. The van der Waals surface area contributed by atoms with Gasteiger partial charge in [0.1, 0.15) is 11.3 Å². The van der Waals surface area contributed by atoms with E-state index in [-0.39, 0.29) is 5.82 Å². The van der Waals surface area contributed by atoms with E-state index < -0.39 is 0 Å². The molecule has 1 aromatic carbocycles. The number of aromatic nitrogens is 2. The Morgan fingerprint density at radius 2 is 2.12 bits per heavy atom. The molecule has 84 valence electrons. The average molecular weight is 293 g/mol. The van der Waals surface area contributed by atoms with Crippen molar-refractivity contribution in [2.45, 2.75) is 0 Å². The largest absolute Gasteiger partial charge is 0.418 e. The summed E-state index contributed by atoms with van der Waals surface area (Å²) in [5, 5.41) is 0. The molecule has 2 aromatic heterocycles. The van der Waals surface area contributed by atoms with Crippen molar-refractivity contribution >= 4 is 27.2 Å². The van der Waals surface area contributed by atoms with Gasteiger partial charge in [-0.3, -0.25) is 0 Å². The highest BCUT2D eigenvalue weighted by Gasteiger charge is 2.09. The van der Waals surface area contributed by atoms with Crippen molar-refractivity contribution in [1.82, 2.24) is 9.97 Å². The highest BCUT2D eigenvalue weighted by molar-refractivity contribution is 9.10. The van der Waals surface area contributed by atoms with Crippen LogP contribution in [0.25, 0.3) is 22.7 Å². The Morgan fingerprint density at radius 3 is 2.94 bits per heavy atom. The first-order valence-corrected chi connectivity index (χ1v) is 5.70. The summed E-state index contributed by atoms with van der Waals surface area (Å²) in [4.78, 5) is 8.34. The SMILES string of the molecule is Fc1cccc(-c2nc3cc(Br)cnc3o2)c1. The fraction of sp³-hybridized carbons (Fsp3) is 0. The maximum Gasteiger partial charge on any atom is 0.247 e. The number of oxazole rings is 1. The van der Waals surface area contributed by atoms with Gasteiger partial charge in [-0.15, -0.1) is 0 Å². The zero-order valence-corrected chi connectivity index (χ0v) is 10.1. The van der Waals surface area contributed by atoms with Crippen molar-refractivity contribution in [3.63, 3.8) is 0 Å². The molecule has 5 heteroatoms. The van der Waals surface area contributed by atoms with Gasteiger partial charge in [0.2, 0.25) is 11.6 Å². The summed E-state index contributed by atoms with van der Waals surface area (Å²) in [5.74, 6) is 0.0454. The molecule has 17 heavy (non-hydrogen) atoms. The van der Waals surface area contributed by atoms with E-state index in [0.29, 0.717) is 22.7 Å². The van der Waals surface area contributed by atoms with E-state index in [9.17, 15) is 4.39 Å². The highest BCUT2D eigenvalue weighted by Crippen LogP contribution is 2.24. The van der Waals surface area contributed by atoms with Crippen LogP contribution in [0.4, 0.5) is 4.39 Å². The van der Waals surface area contributed by atoms with Crippen LogP contribution in [0.5, 0.6) is 0 Å². The van der Waals surface area contributed by atoms with Gasteiger partial charge in [-0.1, -0.05) is 6.07 Å². The fourth-order valence-corrected chi connectivity index (χ4v) is 1.86. The first kappa shape index (κ1) is 10.4. The molecular weight excluding hydrogens is 287 g/mol. The molecule has 0 aliphatic heterocycles. The molecule has 0 amide bonds. The van der Waals surface area contributed by atoms with Crippen molar-refractivity contribution in [1.29, 1.82) is 0 Å². The van der Waals surface area contributed by atoms with Crippen molar-refractivity contribution < 1.29 is 8.81 Å². The highest BCUT2D eigenvalue weighted by atomic mass is 79.9. The Labute approximate surface area is 104 Å². The van der Waals surface area contributed by atoms with E-state index in [1.165, 1.54) is 12.1 Å². The number of benzene rings is 1. The summed E-state index contributed by atoms with van der Waals surface area (Å²) < 4.78 is 19.4. The van der Waals surface area contributed by atoms with Gasteiger partial charge in [-0.2, -0.15) is 0 Å². The summed E-state index contributed by atoms with van der Waals surface area (Å²) in [6.07, 6.45) is 1.63. The van der Waals surface area contributed by atoms with E-state index in [1.54, 1.807) is 24.4 Å². The third-order valence-corrected chi connectivity index (χ3v) is 2.72.